The van der Waals surface area contributed by atoms with Crippen LogP contribution in [0.4, 0.5) is 0 Å². The topological polar surface area (TPSA) is 0 Å². The second-order valence-electron chi connectivity index (χ2n) is 19.3. The zero-order valence-electron chi connectivity index (χ0n) is 34.3. The van der Waals surface area contributed by atoms with Crippen molar-refractivity contribution >= 4 is 3.21 Å². The quantitative estimate of drug-likeness (QED) is 0.291. The Bertz CT molecular complexity index is 1890. The van der Waals surface area contributed by atoms with E-state index in [2.05, 4.69) is 199 Å². The fraction of sp³-hybridized carbons (Fsp3) is 0.531. The van der Waals surface area contributed by atoms with Crippen molar-refractivity contribution in [3.05, 3.63) is 129 Å². The van der Waals surface area contributed by atoms with E-state index in [0.29, 0.717) is 15.5 Å². The van der Waals surface area contributed by atoms with Gasteiger partial charge in [0, 0.05) is 0 Å². The molecule has 278 valence electrons. The van der Waals surface area contributed by atoms with Crippen molar-refractivity contribution in [3.8, 4) is 0 Å². The Kier molecular flexibility index (Phi) is 10.7. The summed E-state index contributed by atoms with van der Waals surface area (Å²) in [5, 5.41) is 0. The van der Waals surface area contributed by atoms with E-state index in [-0.39, 0.29) is 68.1 Å². The summed E-state index contributed by atoms with van der Waals surface area (Å²) < 4.78 is 4.15. The Hall–Kier alpha value is -1.53. The van der Waals surface area contributed by atoms with Crippen LogP contribution in [0.5, 0.6) is 0 Å². The monoisotopic (exact) mass is 812 g/mol. The number of hydrogen-bond acceptors (Lipinski definition) is 0. The molecule has 0 aromatic heterocycles. The number of rotatable bonds is 5. The average molecular weight is 815 g/mol. The molecule has 2 fully saturated rings. The fourth-order valence-corrected chi connectivity index (χ4v) is 25.0. The number of fused-ring (bicyclic) bond motifs is 8. The van der Waals surface area contributed by atoms with Crippen LogP contribution in [0.15, 0.2) is 124 Å². The zero-order chi connectivity index (χ0) is 36.3. The molecule has 1 aromatic carbocycles. The minimum absolute atomic E-state index is 0. The number of benzene rings is 1. The first-order valence-electron chi connectivity index (χ1n) is 19.7. The van der Waals surface area contributed by atoms with Gasteiger partial charge in [-0.3, -0.25) is 0 Å². The third-order valence-corrected chi connectivity index (χ3v) is 26.6. The van der Waals surface area contributed by atoms with E-state index < -0.39 is 21.3 Å². The molecule has 6 aliphatic rings. The molecule has 2 saturated carbocycles. The smallest absolute Gasteiger partial charge is 1.00 e. The minimum atomic E-state index is -2.85. The predicted octanol–water partition coefficient (Wildman–Crippen LogP) is 7.38. The summed E-state index contributed by atoms with van der Waals surface area (Å²) in [5.74, 6) is 0.993. The number of hydrogen-bond donors (Lipinski definition) is 0. The Morgan fingerprint density at radius 3 is 1.85 bits per heavy atom. The van der Waals surface area contributed by atoms with E-state index in [9.17, 15) is 0 Å². The van der Waals surface area contributed by atoms with Crippen molar-refractivity contribution in [1.82, 2.24) is 0 Å². The maximum absolute atomic E-state index is 2.85. The molecule has 0 amide bonds. The first kappa shape index (κ1) is 41.6. The van der Waals surface area contributed by atoms with Gasteiger partial charge in [0.05, 0.1) is 0 Å². The maximum atomic E-state index is 2.84. The summed E-state index contributed by atoms with van der Waals surface area (Å²) in [6.45, 7) is 33.8. The Labute approximate surface area is 337 Å². The zero-order valence-corrected chi connectivity index (χ0v) is 38.3. The Balaban J connectivity index is 0.00000261. The Morgan fingerprint density at radius 2 is 1.29 bits per heavy atom. The summed E-state index contributed by atoms with van der Waals surface area (Å²) in [4.78, 5) is 0. The van der Waals surface area contributed by atoms with Gasteiger partial charge in [-0.05, 0) is 0 Å². The SMILES string of the molecule is CCCC1C=C(C(C)(C)C)C=[C]1/[Zr+2](=[C](\C)c1ccccc1)[CH]1C2C=CC=C(C)C2(C)C2(C)C3(C)C=CC=CC3(C)C3(C)C=CC=CC3(C)C12C.[Cl-].[Cl-]. The van der Waals surface area contributed by atoms with Gasteiger partial charge in [-0.1, -0.05) is 0 Å². The summed E-state index contributed by atoms with van der Waals surface area (Å²) >= 11 is -2.85. The van der Waals surface area contributed by atoms with E-state index in [1.165, 1.54) is 18.4 Å². The number of halogens is 2. The van der Waals surface area contributed by atoms with E-state index in [0.717, 1.165) is 0 Å². The molecule has 0 bridgehead atoms. The van der Waals surface area contributed by atoms with Gasteiger partial charge >= 0.3 is 315 Å². The van der Waals surface area contributed by atoms with E-state index >= 15 is 0 Å². The molecule has 0 heterocycles. The molecule has 6 aliphatic carbocycles. The molecule has 7 rings (SSSR count). The van der Waals surface area contributed by atoms with Gasteiger partial charge in [-0.15, -0.1) is 0 Å². The predicted molar refractivity (Wildman–Crippen MR) is 214 cm³/mol. The van der Waals surface area contributed by atoms with Crippen molar-refractivity contribution in [2.45, 2.75) is 106 Å². The molecule has 0 N–H and O–H groups in total. The Morgan fingerprint density at radius 1 is 0.750 bits per heavy atom. The molecule has 0 saturated heterocycles. The first-order valence-corrected chi connectivity index (χ1v) is 23.5. The standard InChI is InChI=1S/C29H37.C12H19.C8H8.2ClH.Zr/c1-21-14-13-15-22-20-27(6)25(4)18-10-9-16-23(25,2)24(3)17-11-12-19-26(24,5)29(27,8)28(21,22)7;1-5-6-10-7-8-11(9-10)12(2,3)4;1-2-8-6-4-3-5-7-8;;;/h9-20,22H,1-8H3;8-10H,5-6H2,1-4H3;3-7H,1H3;2*1H;/q;;;;;+2/p-2. The van der Waals surface area contributed by atoms with Gasteiger partial charge in [-0.25, -0.2) is 0 Å². The second kappa shape index (κ2) is 13.3. The third kappa shape index (κ3) is 4.70. The van der Waals surface area contributed by atoms with Gasteiger partial charge < -0.3 is 24.8 Å². The molecule has 0 nitrogen and oxygen atoms in total. The van der Waals surface area contributed by atoms with Gasteiger partial charge in [0.2, 0.25) is 0 Å². The van der Waals surface area contributed by atoms with Crippen LogP contribution in [-0.2, 0) is 21.3 Å². The van der Waals surface area contributed by atoms with Crippen LogP contribution in [0, 0.1) is 55.2 Å². The first-order chi connectivity index (χ1) is 23.4. The van der Waals surface area contributed by atoms with Crippen LogP contribution in [-0.4, -0.2) is 3.21 Å². The molecule has 1 aromatic rings. The molecule has 0 aliphatic heterocycles. The van der Waals surface area contributed by atoms with E-state index in [1.54, 1.807) is 14.4 Å². The molecule has 3 heteroatoms. The van der Waals surface area contributed by atoms with E-state index in [4.69, 9.17) is 0 Å². The molecule has 0 spiro atoms. The summed E-state index contributed by atoms with van der Waals surface area (Å²) in [7, 11) is 0. The van der Waals surface area contributed by atoms with Crippen molar-refractivity contribution in [1.29, 1.82) is 0 Å². The maximum Gasteiger partial charge on any atom is -1.00 e. The van der Waals surface area contributed by atoms with Crippen LogP contribution in [0.1, 0.15) is 108 Å². The van der Waals surface area contributed by atoms with Gasteiger partial charge in [-0.2, -0.15) is 0 Å². The minimum Gasteiger partial charge on any atom is -1.00 e. The van der Waals surface area contributed by atoms with Crippen LogP contribution in [0.25, 0.3) is 0 Å². The number of allylic oxidation sites excluding steroid dienone is 16. The van der Waals surface area contributed by atoms with Crippen LogP contribution in [0.2, 0.25) is 3.63 Å². The average Bonchev–Trinajstić information content (AvgIpc) is 3.57. The van der Waals surface area contributed by atoms with Crippen molar-refractivity contribution in [2.24, 2.45) is 55.2 Å². The largest absolute Gasteiger partial charge is 1.00 e. The normalized spacial score (nSPS) is 42.4. The van der Waals surface area contributed by atoms with Crippen molar-refractivity contribution in [2.75, 3.05) is 0 Å². The summed E-state index contributed by atoms with van der Waals surface area (Å²) in [5.41, 5.74) is 4.30. The van der Waals surface area contributed by atoms with Crippen molar-refractivity contribution < 1.29 is 46.1 Å². The van der Waals surface area contributed by atoms with E-state index in [1.807, 2.05) is 3.28 Å². The third-order valence-electron chi connectivity index (χ3n) is 17.3. The van der Waals surface area contributed by atoms with Crippen LogP contribution >= 0.6 is 0 Å². The molecular weight excluding hydrogens is 751 g/mol. The van der Waals surface area contributed by atoms with Gasteiger partial charge in [0.15, 0.2) is 0 Å². The van der Waals surface area contributed by atoms with Crippen LogP contribution in [0.3, 0.4) is 0 Å². The summed E-state index contributed by atoms with van der Waals surface area (Å²) in [6, 6.07) is 11.6. The molecule has 10 atom stereocenters. The van der Waals surface area contributed by atoms with Gasteiger partial charge in [0.1, 0.15) is 0 Å². The van der Waals surface area contributed by atoms with Crippen LogP contribution < -0.4 is 24.8 Å². The molecule has 52 heavy (non-hydrogen) atoms. The van der Waals surface area contributed by atoms with Gasteiger partial charge in [0.25, 0.3) is 0 Å². The van der Waals surface area contributed by atoms with Crippen molar-refractivity contribution in [3.63, 3.8) is 0 Å². The molecule has 10 unspecified atom stereocenters. The fourth-order valence-electron chi connectivity index (χ4n) is 13.6. The summed E-state index contributed by atoms with van der Waals surface area (Å²) in [6.07, 6.45) is 35.9. The molecular formula is C49H64Cl2Zr. The second-order valence-corrected chi connectivity index (χ2v) is 26.1. The molecule has 0 radical (unpaired) electrons.